The number of non-ortho nitro benzene ring substituents is 1. The van der Waals surface area contributed by atoms with Gasteiger partial charge in [-0.15, -0.1) is 0 Å². The molecule has 0 N–H and O–H groups in total. The number of imide groups is 1. The number of thioether (sulfide) groups is 1. The third kappa shape index (κ3) is 4.53. The number of amides is 2. The third-order valence-corrected chi connectivity index (χ3v) is 5.86. The maximum absolute atomic E-state index is 12.7. The predicted octanol–water partition coefficient (Wildman–Crippen LogP) is 5.31. The molecule has 0 spiro atoms. The van der Waals surface area contributed by atoms with Gasteiger partial charge in [-0.3, -0.25) is 34.7 Å². The summed E-state index contributed by atoms with van der Waals surface area (Å²) < 4.78 is 5.72. The number of furan rings is 1. The maximum atomic E-state index is 12.7. The molecule has 1 aliphatic rings. The minimum Gasteiger partial charge on any atom is -0.457 e. The number of hydrogen-bond donors (Lipinski definition) is 0. The van der Waals surface area contributed by atoms with Gasteiger partial charge in [-0.25, -0.2) is 0 Å². The lowest BCUT2D eigenvalue weighted by Gasteiger charge is -2.12. The Labute approximate surface area is 190 Å². The molecule has 1 aromatic heterocycles. The van der Waals surface area contributed by atoms with Crippen LogP contribution in [0.2, 0.25) is 0 Å². The van der Waals surface area contributed by atoms with E-state index < -0.39 is 21.0 Å². The lowest BCUT2D eigenvalue weighted by molar-refractivity contribution is -0.385. The molecule has 10 nitrogen and oxygen atoms in total. The van der Waals surface area contributed by atoms with Crippen LogP contribution in [-0.4, -0.2) is 25.9 Å². The number of rotatable bonds is 6. The maximum Gasteiger partial charge on any atom is 0.293 e. The number of carbonyl (C=O) groups excluding carboxylic acids is 2. The second-order valence-corrected chi connectivity index (χ2v) is 8.14. The van der Waals surface area contributed by atoms with Crippen LogP contribution in [0, 0.1) is 27.2 Å². The first-order valence-corrected chi connectivity index (χ1v) is 10.4. The van der Waals surface area contributed by atoms with E-state index in [1.54, 1.807) is 31.2 Å². The minimum atomic E-state index is -0.529. The number of benzene rings is 2. The van der Waals surface area contributed by atoms with Crippen LogP contribution < -0.4 is 0 Å². The Morgan fingerprint density at radius 1 is 1.00 bits per heavy atom. The SMILES string of the molecule is Cc1ccc(-c2ccc(/C=C3\SC(=O)N(Cc4ccc([N+](=O)[O-])cc4)C3=O)o2)cc1[N+](=O)[O-]. The largest absolute Gasteiger partial charge is 0.457 e. The molecule has 0 aliphatic carbocycles. The van der Waals surface area contributed by atoms with Crippen molar-refractivity contribution in [3.05, 3.63) is 96.6 Å². The molecule has 3 aromatic rings. The van der Waals surface area contributed by atoms with Crippen molar-refractivity contribution < 1.29 is 23.9 Å². The summed E-state index contributed by atoms with van der Waals surface area (Å²) in [7, 11) is 0. The van der Waals surface area contributed by atoms with E-state index in [1.165, 1.54) is 36.4 Å². The summed E-state index contributed by atoms with van der Waals surface area (Å²) >= 11 is 0.758. The molecule has 11 heteroatoms. The Morgan fingerprint density at radius 2 is 1.73 bits per heavy atom. The molecular formula is C22H15N3O7S. The quantitative estimate of drug-likeness (QED) is 0.271. The van der Waals surface area contributed by atoms with Crippen LogP contribution in [0.15, 0.2) is 63.9 Å². The molecule has 2 aromatic carbocycles. The van der Waals surface area contributed by atoms with Crippen LogP contribution >= 0.6 is 11.8 Å². The van der Waals surface area contributed by atoms with Gasteiger partial charge in [0.25, 0.3) is 22.5 Å². The number of nitro groups is 2. The topological polar surface area (TPSA) is 137 Å². The number of nitro benzene ring substituents is 2. The first-order valence-electron chi connectivity index (χ1n) is 9.57. The van der Waals surface area contributed by atoms with Gasteiger partial charge in [0.1, 0.15) is 11.5 Å². The second-order valence-electron chi connectivity index (χ2n) is 7.15. The van der Waals surface area contributed by atoms with Gasteiger partial charge in [-0.1, -0.05) is 24.3 Å². The van der Waals surface area contributed by atoms with Crippen molar-refractivity contribution in [1.29, 1.82) is 0 Å². The Balaban J connectivity index is 1.52. The number of carbonyl (C=O) groups is 2. The van der Waals surface area contributed by atoms with Gasteiger partial charge in [0.15, 0.2) is 0 Å². The number of hydrogen-bond acceptors (Lipinski definition) is 8. The van der Waals surface area contributed by atoms with Crippen LogP contribution in [-0.2, 0) is 11.3 Å². The zero-order valence-electron chi connectivity index (χ0n) is 17.1. The molecule has 1 saturated heterocycles. The Hall–Kier alpha value is -4.25. The van der Waals surface area contributed by atoms with E-state index in [-0.39, 0.29) is 22.8 Å². The van der Waals surface area contributed by atoms with Crippen molar-refractivity contribution in [2.75, 3.05) is 0 Å². The van der Waals surface area contributed by atoms with Crippen LogP contribution in [0.1, 0.15) is 16.9 Å². The Morgan fingerprint density at radius 3 is 2.39 bits per heavy atom. The Bertz CT molecular complexity index is 1330. The first kappa shape index (κ1) is 22.0. The lowest BCUT2D eigenvalue weighted by Crippen LogP contribution is -2.27. The fourth-order valence-electron chi connectivity index (χ4n) is 3.22. The second kappa shape index (κ2) is 8.71. The summed E-state index contributed by atoms with van der Waals surface area (Å²) in [6.07, 6.45) is 1.44. The average molecular weight is 465 g/mol. The van der Waals surface area contributed by atoms with Crippen molar-refractivity contribution in [3.63, 3.8) is 0 Å². The molecule has 0 bridgehead atoms. The zero-order valence-corrected chi connectivity index (χ0v) is 17.9. The van der Waals surface area contributed by atoms with Crippen molar-refractivity contribution in [3.8, 4) is 11.3 Å². The van der Waals surface area contributed by atoms with Gasteiger partial charge in [-0.2, -0.15) is 0 Å². The van der Waals surface area contributed by atoms with E-state index in [0.29, 0.717) is 28.2 Å². The summed E-state index contributed by atoms with van der Waals surface area (Å²) in [6.45, 7) is 1.62. The van der Waals surface area contributed by atoms with Gasteiger partial charge in [0.05, 0.1) is 21.3 Å². The zero-order chi connectivity index (χ0) is 23.7. The highest BCUT2D eigenvalue weighted by Gasteiger charge is 2.35. The number of aryl methyl sites for hydroxylation is 1. The summed E-state index contributed by atoms with van der Waals surface area (Å²) in [6, 6.07) is 13.6. The predicted molar refractivity (Wildman–Crippen MR) is 120 cm³/mol. The third-order valence-electron chi connectivity index (χ3n) is 4.95. The molecule has 2 heterocycles. The highest BCUT2D eigenvalue weighted by atomic mass is 32.2. The standard InChI is InChI=1S/C22H15N3O7S/c1-13-2-5-15(10-18(13)25(30)31)19-9-8-17(32-19)11-20-21(26)23(22(27)33-20)12-14-3-6-16(7-4-14)24(28)29/h2-11H,12H2,1H3/b20-11-. The van der Waals surface area contributed by atoms with E-state index in [1.807, 2.05) is 0 Å². The molecular weight excluding hydrogens is 450 g/mol. The molecule has 4 rings (SSSR count). The smallest absolute Gasteiger partial charge is 0.293 e. The molecule has 1 fully saturated rings. The highest BCUT2D eigenvalue weighted by Crippen LogP contribution is 2.35. The summed E-state index contributed by atoms with van der Waals surface area (Å²) in [4.78, 5) is 47.2. The monoisotopic (exact) mass is 465 g/mol. The van der Waals surface area contributed by atoms with E-state index in [9.17, 15) is 29.8 Å². The molecule has 0 radical (unpaired) electrons. The van der Waals surface area contributed by atoms with E-state index in [4.69, 9.17) is 4.42 Å². The molecule has 166 valence electrons. The van der Waals surface area contributed by atoms with E-state index >= 15 is 0 Å². The van der Waals surface area contributed by atoms with Crippen molar-refractivity contribution in [2.45, 2.75) is 13.5 Å². The average Bonchev–Trinajstić information content (AvgIpc) is 3.34. The normalized spacial score (nSPS) is 14.8. The van der Waals surface area contributed by atoms with Crippen LogP contribution in [0.4, 0.5) is 16.2 Å². The summed E-state index contributed by atoms with van der Waals surface area (Å²) in [5.41, 5.74) is 1.50. The summed E-state index contributed by atoms with van der Waals surface area (Å²) in [5, 5.41) is 21.5. The molecule has 0 atom stereocenters. The van der Waals surface area contributed by atoms with Gasteiger partial charge < -0.3 is 4.42 Å². The molecule has 33 heavy (non-hydrogen) atoms. The fraction of sp³-hybridized carbons (Fsp3) is 0.0909. The molecule has 0 unspecified atom stereocenters. The van der Waals surface area contributed by atoms with Crippen LogP contribution in [0.5, 0.6) is 0 Å². The molecule has 0 saturated carbocycles. The minimum absolute atomic E-state index is 0.0174. The van der Waals surface area contributed by atoms with Crippen LogP contribution in [0.25, 0.3) is 17.4 Å². The van der Waals surface area contributed by atoms with Crippen LogP contribution in [0.3, 0.4) is 0 Å². The van der Waals surface area contributed by atoms with Crippen molar-refractivity contribution in [1.82, 2.24) is 4.90 Å². The Kier molecular flexibility index (Phi) is 5.80. The van der Waals surface area contributed by atoms with Gasteiger partial charge in [0, 0.05) is 35.4 Å². The highest BCUT2D eigenvalue weighted by molar-refractivity contribution is 8.18. The molecule has 2 amide bonds. The summed E-state index contributed by atoms with van der Waals surface area (Å²) in [5.74, 6) is 0.191. The number of nitrogens with zero attached hydrogens (tertiary/aromatic N) is 3. The van der Waals surface area contributed by atoms with Crippen molar-refractivity contribution >= 4 is 40.4 Å². The molecule has 1 aliphatic heterocycles. The van der Waals surface area contributed by atoms with E-state index in [0.717, 1.165) is 16.7 Å². The fourth-order valence-corrected chi connectivity index (χ4v) is 4.03. The van der Waals surface area contributed by atoms with Crippen molar-refractivity contribution in [2.24, 2.45) is 0 Å². The van der Waals surface area contributed by atoms with Gasteiger partial charge in [-0.05, 0) is 36.4 Å². The lowest BCUT2D eigenvalue weighted by atomic mass is 10.1. The van der Waals surface area contributed by atoms with E-state index in [2.05, 4.69) is 0 Å². The van der Waals surface area contributed by atoms with Gasteiger partial charge >= 0.3 is 0 Å². The first-order chi connectivity index (χ1) is 15.7. The van der Waals surface area contributed by atoms with Gasteiger partial charge in [0.2, 0.25) is 0 Å².